The van der Waals surface area contributed by atoms with E-state index >= 15 is 0 Å². The molecule has 0 spiro atoms. The Labute approximate surface area is 182 Å². The first-order valence-corrected chi connectivity index (χ1v) is 11.6. The average Bonchev–Trinajstić information content (AvgIpc) is 3.53. The molecule has 2 aliphatic carbocycles. The van der Waals surface area contributed by atoms with Crippen LogP contribution in [0.5, 0.6) is 0 Å². The zero-order valence-electron chi connectivity index (χ0n) is 16.8. The number of amides is 1. The number of carbonyl (C=O) groups is 1. The molecule has 0 saturated heterocycles. The van der Waals surface area contributed by atoms with E-state index in [0.717, 1.165) is 29.5 Å². The molecule has 1 aromatic rings. The lowest BCUT2D eigenvalue weighted by molar-refractivity contribution is -0.182. The highest BCUT2D eigenvalue weighted by Gasteiger charge is 2.43. The SMILES string of the molecule is O=C(Nc1cncc(F)n1)C1=CC(C2CCC(C(F)(F)F)CC2)=NS(=O)(=O)N1CC1CC1. The van der Waals surface area contributed by atoms with E-state index in [1.54, 1.807) is 0 Å². The number of nitrogens with one attached hydrogen (secondary N) is 1. The van der Waals surface area contributed by atoms with E-state index in [1.807, 2.05) is 0 Å². The molecule has 0 unspecified atom stereocenters. The van der Waals surface area contributed by atoms with Gasteiger partial charge < -0.3 is 5.32 Å². The van der Waals surface area contributed by atoms with E-state index in [0.29, 0.717) is 0 Å². The van der Waals surface area contributed by atoms with E-state index in [4.69, 9.17) is 0 Å². The number of carbonyl (C=O) groups excluding carboxylic acids is 1. The summed E-state index contributed by atoms with van der Waals surface area (Å²) in [6.07, 6.45) is 0.565. The van der Waals surface area contributed by atoms with Crippen molar-refractivity contribution in [3.8, 4) is 0 Å². The lowest BCUT2D eigenvalue weighted by Crippen LogP contribution is -2.41. The zero-order chi connectivity index (χ0) is 23.1. The largest absolute Gasteiger partial charge is 0.391 e. The summed E-state index contributed by atoms with van der Waals surface area (Å²) in [4.78, 5) is 20.0. The van der Waals surface area contributed by atoms with Crippen LogP contribution < -0.4 is 5.32 Å². The molecule has 1 N–H and O–H groups in total. The van der Waals surface area contributed by atoms with Crippen LogP contribution in [-0.2, 0) is 15.0 Å². The highest BCUT2D eigenvalue weighted by Crippen LogP contribution is 2.41. The Bertz CT molecular complexity index is 1060. The normalized spacial score (nSPS) is 25.7. The molecule has 0 aromatic carbocycles. The number of hydrogen-bond donors (Lipinski definition) is 1. The summed E-state index contributed by atoms with van der Waals surface area (Å²) in [5.41, 5.74) is -0.154. The van der Waals surface area contributed by atoms with Gasteiger partial charge in [-0.2, -0.15) is 31.0 Å². The maximum absolute atomic E-state index is 13.3. The molecule has 4 rings (SSSR count). The van der Waals surface area contributed by atoms with Crippen LogP contribution in [0.3, 0.4) is 0 Å². The molecule has 0 bridgehead atoms. The lowest BCUT2D eigenvalue weighted by Gasteiger charge is -2.33. The molecule has 32 heavy (non-hydrogen) atoms. The van der Waals surface area contributed by atoms with Gasteiger partial charge in [-0.3, -0.25) is 9.78 Å². The Kier molecular flexibility index (Phi) is 5.94. The smallest absolute Gasteiger partial charge is 0.304 e. The first kappa shape index (κ1) is 22.6. The van der Waals surface area contributed by atoms with Crippen molar-refractivity contribution < 1.29 is 30.8 Å². The van der Waals surface area contributed by atoms with Crippen LogP contribution >= 0.6 is 0 Å². The molecule has 0 radical (unpaired) electrons. The second-order valence-electron chi connectivity index (χ2n) is 8.27. The second kappa shape index (κ2) is 8.41. The fraction of sp³-hybridized carbons (Fsp3) is 0.579. The zero-order valence-corrected chi connectivity index (χ0v) is 17.7. The van der Waals surface area contributed by atoms with Crippen LogP contribution in [0.15, 0.2) is 28.6 Å². The molecule has 13 heteroatoms. The summed E-state index contributed by atoms with van der Waals surface area (Å²) in [6.45, 7) is 0.0635. The maximum Gasteiger partial charge on any atom is 0.391 e. The third-order valence-corrected chi connectivity index (χ3v) is 7.21. The van der Waals surface area contributed by atoms with Crippen molar-refractivity contribution in [3.05, 3.63) is 30.1 Å². The van der Waals surface area contributed by atoms with E-state index in [-0.39, 0.29) is 55.4 Å². The van der Waals surface area contributed by atoms with Gasteiger partial charge in [0.15, 0.2) is 5.82 Å². The summed E-state index contributed by atoms with van der Waals surface area (Å²) in [5.74, 6) is -3.81. The Morgan fingerprint density at radius 3 is 2.41 bits per heavy atom. The second-order valence-corrected chi connectivity index (χ2v) is 9.79. The molecule has 2 fully saturated rings. The number of nitrogens with zero attached hydrogens (tertiary/aromatic N) is 4. The van der Waals surface area contributed by atoms with Gasteiger partial charge in [0, 0.05) is 12.5 Å². The molecule has 1 amide bonds. The van der Waals surface area contributed by atoms with Crippen molar-refractivity contribution in [1.82, 2.24) is 14.3 Å². The van der Waals surface area contributed by atoms with Crippen LogP contribution in [0, 0.1) is 23.7 Å². The summed E-state index contributed by atoms with van der Waals surface area (Å²) in [6, 6.07) is 0. The van der Waals surface area contributed by atoms with Gasteiger partial charge in [0.05, 0.1) is 24.0 Å². The molecule has 3 aliphatic rings. The number of halogens is 4. The summed E-state index contributed by atoms with van der Waals surface area (Å²) in [5, 5.41) is 2.33. The summed E-state index contributed by atoms with van der Waals surface area (Å²) < 4.78 is 82.8. The van der Waals surface area contributed by atoms with Gasteiger partial charge in [-0.05, 0) is 50.5 Å². The van der Waals surface area contributed by atoms with Crippen molar-refractivity contribution in [2.24, 2.45) is 22.2 Å². The lowest BCUT2D eigenvalue weighted by atomic mass is 9.79. The van der Waals surface area contributed by atoms with Crippen molar-refractivity contribution in [2.45, 2.75) is 44.7 Å². The van der Waals surface area contributed by atoms with Crippen molar-refractivity contribution >= 4 is 27.6 Å². The molecule has 8 nitrogen and oxygen atoms in total. The quantitative estimate of drug-likeness (QED) is 0.659. The number of rotatable bonds is 5. The minimum atomic E-state index is -4.29. The number of allylic oxidation sites excluding steroid dienone is 1. The first-order valence-electron chi connectivity index (χ1n) is 10.2. The van der Waals surface area contributed by atoms with Crippen LogP contribution in [0.2, 0.25) is 0 Å². The Morgan fingerprint density at radius 1 is 1.12 bits per heavy atom. The average molecular weight is 475 g/mol. The van der Waals surface area contributed by atoms with E-state index in [9.17, 15) is 30.8 Å². The topological polar surface area (TPSA) is 105 Å². The predicted octanol–water partition coefficient (Wildman–Crippen LogP) is 3.22. The highest BCUT2D eigenvalue weighted by atomic mass is 32.2. The van der Waals surface area contributed by atoms with Gasteiger partial charge in [-0.1, -0.05) is 0 Å². The fourth-order valence-electron chi connectivity index (χ4n) is 3.94. The van der Waals surface area contributed by atoms with E-state index in [1.165, 1.54) is 6.08 Å². The standard InChI is InChI=1S/C19H21F4N5O3S/c20-16-8-24-9-17(25-16)26-18(29)15-7-14(12-3-5-13(6-4-12)19(21,22)23)27-32(30,31)28(15)10-11-1-2-11/h7-9,11-13H,1-6,10H2,(H,25,26,29). The fourth-order valence-corrected chi connectivity index (χ4v) is 5.29. The van der Waals surface area contributed by atoms with Crippen molar-refractivity contribution in [1.29, 1.82) is 0 Å². The van der Waals surface area contributed by atoms with Gasteiger partial charge in [0.1, 0.15) is 5.70 Å². The van der Waals surface area contributed by atoms with Gasteiger partial charge >= 0.3 is 16.4 Å². The molecule has 2 saturated carbocycles. The minimum absolute atomic E-state index is 0.0631. The Balaban J connectivity index is 1.59. The van der Waals surface area contributed by atoms with Gasteiger partial charge in [-0.25, -0.2) is 4.31 Å². The third-order valence-electron chi connectivity index (χ3n) is 5.86. The monoisotopic (exact) mass is 475 g/mol. The van der Waals surface area contributed by atoms with Gasteiger partial charge in [-0.15, -0.1) is 4.40 Å². The van der Waals surface area contributed by atoms with Crippen LogP contribution in [-0.4, -0.2) is 47.0 Å². The molecular weight excluding hydrogens is 454 g/mol. The molecule has 0 atom stereocenters. The number of anilines is 1. The predicted molar refractivity (Wildman–Crippen MR) is 106 cm³/mol. The van der Waals surface area contributed by atoms with E-state index in [2.05, 4.69) is 19.7 Å². The minimum Gasteiger partial charge on any atom is -0.304 e. The van der Waals surface area contributed by atoms with Gasteiger partial charge in [0.25, 0.3) is 5.91 Å². The number of aromatic nitrogens is 2. The summed E-state index contributed by atoms with van der Waals surface area (Å²) in [7, 11) is -4.25. The maximum atomic E-state index is 13.3. The van der Waals surface area contributed by atoms with Crippen molar-refractivity contribution in [3.63, 3.8) is 0 Å². The Hall–Kier alpha value is -2.57. The van der Waals surface area contributed by atoms with Crippen LogP contribution in [0.25, 0.3) is 0 Å². The van der Waals surface area contributed by atoms with Crippen LogP contribution in [0.1, 0.15) is 38.5 Å². The molecule has 1 aliphatic heterocycles. The van der Waals surface area contributed by atoms with E-state index < -0.39 is 40.1 Å². The highest BCUT2D eigenvalue weighted by molar-refractivity contribution is 7.88. The third kappa shape index (κ3) is 5.08. The number of alkyl halides is 3. The van der Waals surface area contributed by atoms with Crippen LogP contribution in [0.4, 0.5) is 23.4 Å². The molecule has 2 heterocycles. The summed E-state index contributed by atoms with van der Waals surface area (Å²) >= 11 is 0. The van der Waals surface area contributed by atoms with Crippen molar-refractivity contribution in [2.75, 3.05) is 11.9 Å². The molecular formula is C19H21F4N5O3S. The first-order chi connectivity index (χ1) is 15.0. The molecule has 174 valence electrons. The Morgan fingerprint density at radius 2 is 1.81 bits per heavy atom. The number of hydrogen-bond acceptors (Lipinski definition) is 5. The molecule has 1 aromatic heterocycles. The van der Waals surface area contributed by atoms with Gasteiger partial charge in [0.2, 0.25) is 5.95 Å².